The monoisotopic (exact) mass is 426 g/mol. The minimum absolute atomic E-state index is 0.0829. The Balaban J connectivity index is 1.65. The molecule has 1 aliphatic rings. The van der Waals surface area contributed by atoms with E-state index in [4.69, 9.17) is 4.74 Å². The summed E-state index contributed by atoms with van der Waals surface area (Å²) in [5, 5.41) is 7.24. The molecule has 1 saturated heterocycles. The fraction of sp³-hybridized carbons (Fsp3) is 0.227. The van der Waals surface area contributed by atoms with Gasteiger partial charge in [0, 0.05) is 44.4 Å². The smallest absolute Gasteiger partial charge is 0.247 e. The molecule has 0 bridgehead atoms. The molecule has 0 radical (unpaired) electrons. The Morgan fingerprint density at radius 1 is 1.10 bits per heavy atom. The van der Waals surface area contributed by atoms with Crippen LogP contribution in [0, 0.1) is 11.6 Å². The van der Waals surface area contributed by atoms with E-state index in [9.17, 15) is 18.4 Å². The van der Waals surface area contributed by atoms with Crippen molar-refractivity contribution in [3.05, 3.63) is 60.3 Å². The molecule has 9 heteroatoms. The van der Waals surface area contributed by atoms with Crippen molar-refractivity contribution in [2.75, 3.05) is 12.4 Å². The van der Waals surface area contributed by atoms with E-state index in [0.29, 0.717) is 35.5 Å². The average Bonchev–Trinajstić information content (AvgIpc) is 3.30. The van der Waals surface area contributed by atoms with Gasteiger partial charge in [-0.15, -0.1) is 0 Å². The predicted molar refractivity (Wildman–Crippen MR) is 109 cm³/mol. The highest BCUT2D eigenvalue weighted by Crippen LogP contribution is 2.33. The maximum atomic E-state index is 13.5. The lowest BCUT2D eigenvalue weighted by Gasteiger charge is -2.20. The highest BCUT2D eigenvalue weighted by atomic mass is 19.2. The molecule has 3 aromatic rings. The molecule has 160 valence electrons. The predicted octanol–water partition coefficient (Wildman–Crippen LogP) is 3.72. The van der Waals surface area contributed by atoms with Gasteiger partial charge in [0.15, 0.2) is 11.6 Å². The van der Waals surface area contributed by atoms with Gasteiger partial charge < -0.3 is 15.0 Å². The average molecular weight is 426 g/mol. The number of rotatable bonds is 5. The minimum atomic E-state index is -1.02. The number of amides is 2. The summed E-state index contributed by atoms with van der Waals surface area (Å²) in [6.45, 7) is 0. The maximum Gasteiger partial charge on any atom is 0.247 e. The highest BCUT2D eigenvalue weighted by Gasteiger charge is 2.33. The molecule has 0 saturated carbocycles. The van der Waals surface area contributed by atoms with E-state index in [1.165, 1.54) is 11.0 Å². The highest BCUT2D eigenvalue weighted by molar-refractivity contribution is 6.01. The Hall–Kier alpha value is -3.75. The number of hydrogen-bond donors (Lipinski definition) is 1. The number of carbonyl (C=O) groups is 2. The van der Waals surface area contributed by atoms with Crippen molar-refractivity contribution in [3.8, 4) is 22.8 Å². The molecule has 0 spiro atoms. The van der Waals surface area contributed by atoms with Crippen molar-refractivity contribution < 1.29 is 23.1 Å². The standard InChI is InChI=1S/C22H20F2N4O3/c1-27-10-9-18(26-27)15-5-3-14(31-13-4-6-16(23)17(24)11-13)12-19(15)25-22(30)20-7-8-21(29)28(20)2/h3-6,9-12,20H,7-8H2,1-2H3,(H,25,30). The van der Waals surface area contributed by atoms with Crippen molar-refractivity contribution in [2.45, 2.75) is 18.9 Å². The van der Waals surface area contributed by atoms with Crippen LogP contribution < -0.4 is 10.1 Å². The van der Waals surface area contributed by atoms with Crippen molar-refractivity contribution in [1.82, 2.24) is 14.7 Å². The zero-order valence-electron chi connectivity index (χ0n) is 16.9. The molecular weight excluding hydrogens is 406 g/mol. The third-order valence-electron chi connectivity index (χ3n) is 5.16. The first-order valence-electron chi connectivity index (χ1n) is 9.65. The summed E-state index contributed by atoms with van der Waals surface area (Å²) < 4.78 is 34.0. The molecule has 0 aliphatic carbocycles. The number of anilines is 1. The molecule has 4 rings (SSSR count). The summed E-state index contributed by atoms with van der Waals surface area (Å²) >= 11 is 0. The lowest BCUT2D eigenvalue weighted by Crippen LogP contribution is -2.39. The van der Waals surface area contributed by atoms with E-state index in [2.05, 4.69) is 10.4 Å². The van der Waals surface area contributed by atoms with Gasteiger partial charge in [0.1, 0.15) is 17.5 Å². The number of hydrogen-bond acceptors (Lipinski definition) is 4. The van der Waals surface area contributed by atoms with Crippen LogP contribution in [0.1, 0.15) is 12.8 Å². The Kier molecular flexibility index (Phi) is 5.41. The van der Waals surface area contributed by atoms with E-state index < -0.39 is 17.7 Å². The van der Waals surface area contributed by atoms with Crippen molar-refractivity contribution in [2.24, 2.45) is 7.05 Å². The first-order chi connectivity index (χ1) is 14.8. The number of aryl methyl sites for hydroxylation is 1. The first kappa shape index (κ1) is 20.5. The number of likely N-dealkylation sites (N-methyl/N-ethyl adjacent to an activating group) is 1. The van der Waals surface area contributed by atoms with Gasteiger partial charge in [-0.25, -0.2) is 8.78 Å². The summed E-state index contributed by atoms with van der Waals surface area (Å²) in [4.78, 5) is 26.1. The molecule has 1 aliphatic heterocycles. The lowest BCUT2D eigenvalue weighted by molar-refractivity contribution is -0.131. The van der Waals surface area contributed by atoms with Crippen LogP contribution in [-0.4, -0.2) is 39.6 Å². The van der Waals surface area contributed by atoms with Crippen LogP contribution in [0.25, 0.3) is 11.3 Å². The number of likely N-dealkylation sites (tertiary alicyclic amines) is 1. The molecule has 2 amide bonds. The van der Waals surface area contributed by atoms with Crippen LogP contribution in [0.5, 0.6) is 11.5 Å². The topological polar surface area (TPSA) is 76.5 Å². The molecule has 1 aromatic heterocycles. The van der Waals surface area contributed by atoms with E-state index >= 15 is 0 Å². The molecule has 31 heavy (non-hydrogen) atoms. The van der Waals surface area contributed by atoms with E-state index in [1.54, 1.807) is 49.2 Å². The number of aromatic nitrogens is 2. The third kappa shape index (κ3) is 4.25. The van der Waals surface area contributed by atoms with Crippen LogP contribution in [0.4, 0.5) is 14.5 Å². The van der Waals surface area contributed by atoms with Gasteiger partial charge in [-0.3, -0.25) is 14.3 Å². The molecular formula is C22H20F2N4O3. The molecule has 2 heterocycles. The molecule has 1 atom stereocenters. The van der Waals surface area contributed by atoms with Gasteiger partial charge in [0.05, 0.1) is 11.4 Å². The zero-order chi connectivity index (χ0) is 22.1. The molecule has 7 nitrogen and oxygen atoms in total. The molecule has 2 aromatic carbocycles. The van der Waals surface area contributed by atoms with E-state index in [0.717, 1.165) is 12.1 Å². The van der Waals surface area contributed by atoms with Gasteiger partial charge in [-0.05, 0) is 36.8 Å². The lowest BCUT2D eigenvalue weighted by atomic mass is 10.1. The second-order valence-electron chi connectivity index (χ2n) is 7.31. The van der Waals surface area contributed by atoms with Crippen LogP contribution in [0.3, 0.4) is 0 Å². The number of nitrogens with one attached hydrogen (secondary N) is 1. The molecule has 1 N–H and O–H groups in total. The normalized spacial score (nSPS) is 15.9. The summed E-state index contributed by atoms with van der Waals surface area (Å²) in [5.41, 5.74) is 1.71. The van der Waals surface area contributed by atoms with Crippen molar-refractivity contribution in [1.29, 1.82) is 0 Å². The summed E-state index contributed by atoms with van der Waals surface area (Å²) in [6, 6.07) is 9.40. The van der Waals surface area contributed by atoms with Crippen LogP contribution in [-0.2, 0) is 16.6 Å². The van der Waals surface area contributed by atoms with Gasteiger partial charge in [-0.2, -0.15) is 5.10 Å². The Morgan fingerprint density at radius 3 is 2.48 bits per heavy atom. The Morgan fingerprint density at radius 2 is 1.84 bits per heavy atom. The Labute approximate surface area is 177 Å². The quantitative estimate of drug-likeness (QED) is 0.675. The SMILES string of the molecule is CN1C(=O)CCC1C(=O)Nc1cc(Oc2ccc(F)c(F)c2)ccc1-c1ccn(C)n1. The fourth-order valence-electron chi connectivity index (χ4n) is 3.48. The van der Waals surface area contributed by atoms with E-state index in [1.807, 2.05) is 0 Å². The summed E-state index contributed by atoms with van der Waals surface area (Å²) in [7, 11) is 3.38. The number of nitrogens with zero attached hydrogens (tertiary/aromatic N) is 3. The molecule has 1 unspecified atom stereocenters. The van der Waals surface area contributed by atoms with Gasteiger partial charge in [0.2, 0.25) is 11.8 Å². The van der Waals surface area contributed by atoms with Gasteiger partial charge in [-0.1, -0.05) is 0 Å². The fourth-order valence-corrected chi connectivity index (χ4v) is 3.48. The number of ether oxygens (including phenoxy) is 1. The zero-order valence-corrected chi connectivity index (χ0v) is 16.9. The Bertz CT molecular complexity index is 1160. The maximum absolute atomic E-state index is 13.5. The minimum Gasteiger partial charge on any atom is -0.457 e. The van der Waals surface area contributed by atoms with E-state index in [-0.39, 0.29) is 17.6 Å². The van der Waals surface area contributed by atoms with Crippen LogP contribution in [0.15, 0.2) is 48.7 Å². The first-order valence-corrected chi connectivity index (χ1v) is 9.65. The molecule has 1 fully saturated rings. The second kappa shape index (κ2) is 8.17. The van der Waals surface area contributed by atoms with Crippen molar-refractivity contribution in [3.63, 3.8) is 0 Å². The van der Waals surface area contributed by atoms with Crippen LogP contribution >= 0.6 is 0 Å². The third-order valence-corrected chi connectivity index (χ3v) is 5.16. The summed E-state index contributed by atoms with van der Waals surface area (Å²) in [6.07, 6.45) is 2.53. The second-order valence-corrected chi connectivity index (χ2v) is 7.31. The van der Waals surface area contributed by atoms with Gasteiger partial charge >= 0.3 is 0 Å². The van der Waals surface area contributed by atoms with Gasteiger partial charge in [0.25, 0.3) is 0 Å². The summed E-state index contributed by atoms with van der Waals surface area (Å²) in [5.74, 6) is -1.97. The van der Waals surface area contributed by atoms with Crippen molar-refractivity contribution >= 4 is 17.5 Å². The largest absolute Gasteiger partial charge is 0.457 e. The number of carbonyl (C=O) groups excluding carboxylic acids is 2. The van der Waals surface area contributed by atoms with Crippen LogP contribution in [0.2, 0.25) is 0 Å². The number of benzene rings is 2. The number of halogens is 2.